The second-order valence-corrected chi connectivity index (χ2v) is 10.2. The molecule has 0 N–H and O–H groups in total. The Balaban J connectivity index is 1.88. The lowest BCUT2D eigenvalue weighted by Gasteiger charge is -2.24. The van der Waals surface area contributed by atoms with Gasteiger partial charge < -0.3 is 18.9 Å². The summed E-state index contributed by atoms with van der Waals surface area (Å²) in [5.74, 6) is 2.43. The van der Waals surface area contributed by atoms with E-state index in [0.717, 1.165) is 27.8 Å². The standard InChI is InChI=1S/C37H30N2O4/c1-23-13-6-9-18-30(23)40-34-28(21-38)29(22-39)35(43-33-26(4)16-12-17-27(33)5)37(42-32-20-11-8-15-25(32)3)36(34)41-31-19-10-7-14-24(31)2/h6-20H,1-5H3. The molecule has 43 heavy (non-hydrogen) atoms. The molecule has 0 spiro atoms. The summed E-state index contributed by atoms with van der Waals surface area (Å²) in [7, 11) is 0. The maximum atomic E-state index is 10.5. The number of nitriles is 2. The Morgan fingerprint density at radius 3 is 1.07 bits per heavy atom. The molecule has 0 aliphatic heterocycles. The molecule has 6 heteroatoms. The number of hydrogen-bond acceptors (Lipinski definition) is 6. The van der Waals surface area contributed by atoms with Gasteiger partial charge in [0.05, 0.1) is 0 Å². The molecule has 0 saturated carbocycles. The first-order valence-electron chi connectivity index (χ1n) is 13.8. The number of aryl methyl sites for hydroxylation is 5. The van der Waals surface area contributed by atoms with E-state index in [9.17, 15) is 10.5 Å². The van der Waals surface area contributed by atoms with Gasteiger partial charge in [-0.05, 0) is 80.6 Å². The Morgan fingerprint density at radius 2 is 0.698 bits per heavy atom. The molecule has 0 saturated heterocycles. The summed E-state index contributed by atoms with van der Waals surface area (Å²) >= 11 is 0. The van der Waals surface area contributed by atoms with Crippen LogP contribution in [0.3, 0.4) is 0 Å². The highest BCUT2D eigenvalue weighted by molar-refractivity contribution is 5.76. The monoisotopic (exact) mass is 566 g/mol. The van der Waals surface area contributed by atoms with Crippen molar-refractivity contribution in [3.63, 3.8) is 0 Å². The molecule has 5 aromatic carbocycles. The molecule has 0 aliphatic carbocycles. The molecule has 0 amide bonds. The van der Waals surface area contributed by atoms with Crippen molar-refractivity contribution in [2.45, 2.75) is 34.6 Å². The van der Waals surface area contributed by atoms with Crippen LogP contribution in [0.15, 0.2) is 91.0 Å². The SMILES string of the molecule is Cc1ccccc1Oc1c(C#N)c(C#N)c(Oc2c(C)cccc2C)c(Oc2ccccc2C)c1Oc1ccccc1C. The first-order chi connectivity index (χ1) is 20.8. The number of rotatable bonds is 8. The molecule has 0 bridgehead atoms. The molecule has 0 heterocycles. The van der Waals surface area contributed by atoms with Gasteiger partial charge in [-0.2, -0.15) is 10.5 Å². The van der Waals surface area contributed by atoms with Crippen LogP contribution in [0.5, 0.6) is 46.0 Å². The number of benzene rings is 5. The first kappa shape index (κ1) is 28.8. The van der Waals surface area contributed by atoms with Gasteiger partial charge in [0.2, 0.25) is 11.5 Å². The number of ether oxygens (including phenoxy) is 4. The van der Waals surface area contributed by atoms with Gasteiger partial charge in [0.15, 0.2) is 11.5 Å². The Morgan fingerprint density at radius 1 is 0.372 bits per heavy atom. The lowest BCUT2D eigenvalue weighted by Crippen LogP contribution is -2.05. The van der Waals surface area contributed by atoms with Crippen molar-refractivity contribution in [1.29, 1.82) is 10.5 Å². The zero-order valence-corrected chi connectivity index (χ0v) is 24.7. The van der Waals surface area contributed by atoms with Gasteiger partial charge >= 0.3 is 0 Å². The molecular weight excluding hydrogens is 536 g/mol. The maximum absolute atomic E-state index is 10.5. The van der Waals surface area contributed by atoms with Gasteiger partial charge in [0.1, 0.15) is 46.3 Å². The Labute approximate surface area is 251 Å². The highest BCUT2D eigenvalue weighted by atomic mass is 16.6. The first-order valence-corrected chi connectivity index (χ1v) is 13.8. The predicted molar refractivity (Wildman–Crippen MR) is 166 cm³/mol. The van der Waals surface area contributed by atoms with E-state index in [1.165, 1.54) is 0 Å². The molecule has 0 aromatic heterocycles. The van der Waals surface area contributed by atoms with Crippen molar-refractivity contribution in [2.24, 2.45) is 0 Å². The lowest BCUT2D eigenvalue weighted by atomic mass is 10.0. The second-order valence-electron chi connectivity index (χ2n) is 10.2. The third kappa shape index (κ3) is 5.86. The zero-order valence-electron chi connectivity index (χ0n) is 24.7. The van der Waals surface area contributed by atoms with Crippen molar-refractivity contribution in [3.8, 4) is 58.1 Å². The van der Waals surface area contributed by atoms with E-state index >= 15 is 0 Å². The molecule has 212 valence electrons. The van der Waals surface area contributed by atoms with Gasteiger partial charge in [-0.25, -0.2) is 0 Å². The van der Waals surface area contributed by atoms with Gasteiger partial charge in [-0.1, -0.05) is 72.8 Å². The Kier molecular flexibility index (Phi) is 8.32. The topological polar surface area (TPSA) is 84.5 Å². The Bertz CT molecular complexity index is 1890. The van der Waals surface area contributed by atoms with E-state index in [-0.39, 0.29) is 34.1 Å². The average molecular weight is 567 g/mol. The van der Waals surface area contributed by atoms with Crippen LogP contribution in [-0.2, 0) is 0 Å². The van der Waals surface area contributed by atoms with Gasteiger partial charge in [0, 0.05) is 0 Å². The minimum atomic E-state index is -0.0345. The highest BCUT2D eigenvalue weighted by Crippen LogP contribution is 2.55. The van der Waals surface area contributed by atoms with E-state index in [1.54, 1.807) is 6.07 Å². The van der Waals surface area contributed by atoms with Crippen LogP contribution in [0.2, 0.25) is 0 Å². The maximum Gasteiger partial charge on any atom is 0.217 e. The fraction of sp³-hybridized carbons (Fsp3) is 0.135. The molecule has 5 rings (SSSR count). The van der Waals surface area contributed by atoms with Gasteiger partial charge in [0.25, 0.3) is 0 Å². The third-order valence-electron chi connectivity index (χ3n) is 7.08. The minimum Gasteiger partial charge on any atom is -0.452 e. The van der Waals surface area contributed by atoms with Crippen molar-refractivity contribution in [1.82, 2.24) is 0 Å². The fourth-order valence-electron chi connectivity index (χ4n) is 4.66. The molecule has 0 aliphatic rings. The summed E-state index contributed by atoms with van der Waals surface area (Å²) in [6.45, 7) is 9.58. The molecule has 6 nitrogen and oxygen atoms in total. The minimum absolute atomic E-state index is 0.0329. The van der Waals surface area contributed by atoms with Gasteiger partial charge in [-0.3, -0.25) is 0 Å². The summed E-state index contributed by atoms with van der Waals surface area (Å²) in [4.78, 5) is 0. The average Bonchev–Trinajstić information content (AvgIpc) is 3.00. The quantitative estimate of drug-likeness (QED) is 0.186. The van der Waals surface area contributed by atoms with Gasteiger partial charge in [-0.15, -0.1) is 0 Å². The van der Waals surface area contributed by atoms with Crippen LogP contribution >= 0.6 is 0 Å². The summed E-state index contributed by atoms with van der Waals surface area (Å²) in [6.07, 6.45) is 0. The Hall–Kier alpha value is -5.72. The number of hydrogen-bond donors (Lipinski definition) is 0. The van der Waals surface area contributed by atoms with Crippen molar-refractivity contribution in [3.05, 3.63) is 130 Å². The van der Waals surface area contributed by atoms with E-state index in [0.29, 0.717) is 23.0 Å². The molecule has 0 unspecified atom stereocenters. The molecule has 0 radical (unpaired) electrons. The summed E-state index contributed by atoms with van der Waals surface area (Å²) in [5, 5.41) is 21.0. The lowest BCUT2D eigenvalue weighted by molar-refractivity contribution is 0.362. The smallest absolute Gasteiger partial charge is 0.217 e. The van der Waals surface area contributed by atoms with E-state index in [4.69, 9.17) is 18.9 Å². The van der Waals surface area contributed by atoms with Crippen molar-refractivity contribution >= 4 is 0 Å². The van der Waals surface area contributed by atoms with Crippen LogP contribution < -0.4 is 18.9 Å². The second kappa shape index (κ2) is 12.4. The van der Waals surface area contributed by atoms with E-state index < -0.39 is 0 Å². The normalized spacial score (nSPS) is 10.4. The number of para-hydroxylation sites is 4. The summed E-state index contributed by atoms with van der Waals surface area (Å²) < 4.78 is 26.2. The third-order valence-corrected chi connectivity index (χ3v) is 7.08. The number of nitrogens with zero attached hydrogens (tertiary/aromatic N) is 2. The van der Waals surface area contributed by atoms with E-state index in [1.807, 2.05) is 120 Å². The van der Waals surface area contributed by atoms with E-state index in [2.05, 4.69) is 12.1 Å². The molecule has 0 fully saturated rings. The van der Waals surface area contributed by atoms with Crippen LogP contribution in [-0.4, -0.2) is 0 Å². The molecular formula is C37H30N2O4. The van der Waals surface area contributed by atoms with Crippen LogP contribution in [0.1, 0.15) is 38.9 Å². The molecule has 5 aromatic rings. The van der Waals surface area contributed by atoms with Crippen molar-refractivity contribution < 1.29 is 18.9 Å². The zero-order chi connectivity index (χ0) is 30.5. The summed E-state index contributed by atoms with van der Waals surface area (Å²) in [6, 6.07) is 32.6. The summed E-state index contributed by atoms with van der Waals surface area (Å²) in [5.41, 5.74) is 4.18. The van der Waals surface area contributed by atoms with Crippen LogP contribution in [0, 0.1) is 57.3 Å². The highest BCUT2D eigenvalue weighted by Gasteiger charge is 2.32. The van der Waals surface area contributed by atoms with Crippen molar-refractivity contribution in [2.75, 3.05) is 0 Å². The molecule has 0 atom stereocenters. The van der Waals surface area contributed by atoms with Crippen LogP contribution in [0.4, 0.5) is 0 Å². The fourth-order valence-corrected chi connectivity index (χ4v) is 4.66. The van der Waals surface area contributed by atoms with Crippen LogP contribution in [0.25, 0.3) is 0 Å². The predicted octanol–water partition coefficient (Wildman–Crippen LogP) is 10.1. The largest absolute Gasteiger partial charge is 0.452 e.